The first-order valence-corrected chi connectivity index (χ1v) is 7.06. The van der Waals surface area contributed by atoms with Crippen molar-refractivity contribution in [1.29, 1.82) is 0 Å². The van der Waals surface area contributed by atoms with Gasteiger partial charge in [-0.2, -0.15) is 0 Å². The number of likely N-dealkylation sites (N-methyl/N-ethyl adjacent to an activating group) is 1. The Bertz CT molecular complexity index is 244. The van der Waals surface area contributed by atoms with Crippen molar-refractivity contribution in [3.05, 3.63) is 0 Å². The Hall–Kier alpha value is -0.650. The van der Waals surface area contributed by atoms with Crippen molar-refractivity contribution in [3.63, 3.8) is 0 Å². The maximum atomic E-state index is 11.9. The van der Waals surface area contributed by atoms with E-state index in [1.54, 1.807) is 0 Å². The molecule has 0 aromatic carbocycles. The van der Waals surface area contributed by atoms with E-state index in [-0.39, 0.29) is 12.0 Å². The summed E-state index contributed by atoms with van der Waals surface area (Å²) in [5.74, 6) is -0.0933. The van der Waals surface area contributed by atoms with E-state index >= 15 is 0 Å². The molecule has 1 aliphatic rings. The van der Waals surface area contributed by atoms with Gasteiger partial charge < -0.3 is 15.0 Å². The van der Waals surface area contributed by atoms with Gasteiger partial charge in [0, 0.05) is 32.7 Å². The van der Waals surface area contributed by atoms with Crippen LogP contribution in [-0.2, 0) is 9.53 Å². The summed E-state index contributed by atoms with van der Waals surface area (Å²) in [7, 11) is 0. The second-order valence-corrected chi connectivity index (χ2v) is 4.53. The first kappa shape index (κ1) is 15.4. The summed E-state index contributed by atoms with van der Waals surface area (Å²) in [6, 6.07) is -0.116. The average molecular weight is 257 g/mol. The van der Waals surface area contributed by atoms with Crippen LogP contribution in [0.25, 0.3) is 0 Å². The molecule has 5 heteroatoms. The maximum absolute atomic E-state index is 11.9. The van der Waals surface area contributed by atoms with Crippen molar-refractivity contribution in [3.8, 4) is 0 Å². The summed E-state index contributed by atoms with van der Waals surface area (Å²) >= 11 is 0. The van der Waals surface area contributed by atoms with E-state index in [1.165, 1.54) is 0 Å². The van der Waals surface area contributed by atoms with E-state index in [9.17, 15) is 4.79 Å². The molecule has 1 unspecified atom stereocenters. The second-order valence-electron chi connectivity index (χ2n) is 4.53. The van der Waals surface area contributed by atoms with Gasteiger partial charge in [0.2, 0.25) is 0 Å². The van der Waals surface area contributed by atoms with Crippen LogP contribution in [0, 0.1) is 0 Å². The number of carbonyl (C=O) groups is 1. The van der Waals surface area contributed by atoms with Gasteiger partial charge in [0.1, 0.15) is 6.04 Å². The maximum Gasteiger partial charge on any atom is 0.324 e. The fourth-order valence-corrected chi connectivity index (χ4v) is 2.29. The molecule has 0 radical (unpaired) electrons. The first-order chi connectivity index (χ1) is 8.72. The van der Waals surface area contributed by atoms with Crippen LogP contribution in [0.1, 0.15) is 20.8 Å². The van der Waals surface area contributed by atoms with Gasteiger partial charge in [0.05, 0.1) is 6.61 Å². The van der Waals surface area contributed by atoms with Gasteiger partial charge in [0.25, 0.3) is 0 Å². The quantitative estimate of drug-likeness (QED) is 0.659. The highest BCUT2D eigenvalue weighted by Crippen LogP contribution is 2.06. The molecule has 1 heterocycles. The lowest BCUT2D eigenvalue weighted by molar-refractivity contribution is -0.150. The normalized spacial score (nSPS) is 21.2. The van der Waals surface area contributed by atoms with E-state index in [1.807, 2.05) is 6.92 Å². The number of piperazine rings is 1. The van der Waals surface area contributed by atoms with Gasteiger partial charge in [-0.3, -0.25) is 9.69 Å². The van der Waals surface area contributed by atoms with Gasteiger partial charge in [-0.25, -0.2) is 0 Å². The highest BCUT2D eigenvalue weighted by Gasteiger charge is 2.29. The molecule has 1 atom stereocenters. The zero-order chi connectivity index (χ0) is 13.4. The SMILES string of the molecule is CCOC(=O)C1CNCCN1CCN(CC)CC. The summed E-state index contributed by atoms with van der Waals surface area (Å²) < 4.78 is 5.14. The van der Waals surface area contributed by atoms with Gasteiger partial charge in [-0.1, -0.05) is 13.8 Å². The summed E-state index contributed by atoms with van der Waals surface area (Å²) in [5.41, 5.74) is 0. The summed E-state index contributed by atoms with van der Waals surface area (Å²) in [6.07, 6.45) is 0. The molecule has 106 valence electrons. The van der Waals surface area contributed by atoms with Crippen molar-refractivity contribution in [1.82, 2.24) is 15.1 Å². The van der Waals surface area contributed by atoms with E-state index in [4.69, 9.17) is 4.74 Å². The number of ether oxygens (including phenoxy) is 1. The molecule has 0 aliphatic carbocycles. The second kappa shape index (κ2) is 8.45. The summed E-state index contributed by atoms with van der Waals surface area (Å²) in [6.45, 7) is 13.3. The zero-order valence-electron chi connectivity index (χ0n) is 11.9. The van der Waals surface area contributed by atoms with Crippen LogP contribution in [-0.4, -0.2) is 74.2 Å². The lowest BCUT2D eigenvalue weighted by Crippen LogP contribution is -2.56. The largest absolute Gasteiger partial charge is 0.465 e. The number of nitrogens with zero attached hydrogens (tertiary/aromatic N) is 2. The summed E-state index contributed by atoms with van der Waals surface area (Å²) in [4.78, 5) is 16.5. The van der Waals surface area contributed by atoms with Gasteiger partial charge in [-0.15, -0.1) is 0 Å². The molecule has 0 saturated carbocycles. The minimum absolute atomic E-state index is 0.0933. The topological polar surface area (TPSA) is 44.8 Å². The molecule has 0 bridgehead atoms. The van der Waals surface area contributed by atoms with Crippen LogP contribution in [0.3, 0.4) is 0 Å². The predicted molar refractivity (Wildman–Crippen MR) is 72.7 cm³/mol. The highest BCUT2D eigenvalue weighted by molar-refractivity contribution is 5.76. The smallest absolute Gasteiger partial charge is 0.324 e. The van der Waals surface area contributed by atoms with E-state index in [0.717, 1.165) is 39.3 Å². The van der Waals surface area contributed by atoms with E-state index in [0.29, 0.717) is 13.2 Å². The predicted octanol–water partition coefficient (Wildman–Crippen LogP) is 0.165. The number of nitrogens with one attached hydrogen (secondary N) is 1. The third-order valence-electron chi connectivity index (χ3n) is 3.51. The van der Waals surface area contributed by atoms with Crippen LogP contribution in [0.2, 0.25) is 0 Å². The fraction of sp³-hybridized carbons (Fsp3) is 0.923. The molecule has 1 aliphatic heterocycles. The van der Waals surface area contributed by atoms with Crippen LogP contribution in [0.15, 0.2) is 0 Å². The van der Waals surface area contributed by atoms with Crippen molar-refractivity contribution in [2.24, 2.45) is 0 Å². The fourth-order valence-electron chi connectivity index (χ4n) is 2.29. The molecular weight excluding hydrogens is 230 g/mol. The average Bonchev–Trinajstić information content (AvgIpc) is 2.40. The third-order valence-corrected chi connectivity index (χ3v) is 3.51. The number of rotatable bonds is 7. The van der Waals surface area contributed by atoms with E-state index in [2.05, 4.69) is 29.0 Å². The molecule has 1 fully saturated rings. The van der Waals surface area contributed by atoms with Crippen LogP contribution < -0.4 is 5.32 Å². The third kappa shape index (κ3) is 4.55. The number of hydrogen-bond acceptors (Lipinski definition) is 5. The molecule has 0 aromatic heterocycles. The lowest BCUT2D eigenvalue weighted by Gasteiger charge is -2.35. The standard InChI is InChI=1S/C13H27N3O2/c1-4-15(5-2)9-10-16-8-7-14-11-12(16)13(17)18-6-3/h12,14H,4-11H2,1-3H3. The van der Waals surface area contributed by atoms with Crippen LogP contribution in [0.4, 0.5) is 0 Å². The molecule has 0 amide bonds. The molecule has 0 spiro atoms. The molecule has 18 heavy (non-hydrogen) atoms. The molecule has 1 N–H and O–H groups in total. The minimum Gasteiger partial charge on any atom is -0.465 e. The molecule has 5 nitrogen and oxygen atoms in total. The Morgan fingerprint density at radius 1 is 1.39 bits per heavy atom. The molecule has 1 rings (SSSR count). The number of carbonyl (C=O) groups excluding carboxylic acids is 1. The molecular formula is C13H27N3O2. The van der Waals surface area contributed by atoms with Gasteiger partial charge in [0.15, 0.2) is 0 Å². The number of hydrogen-bond donors (Lipinski definition) is 1. The monoisotopic (exact) mass is 257 g/mol. The Balaban J connectivity index is 2.46. The summed E-state index contributed by atoms with van der Waals surface area (Å²) in [5, 5.41) is 3.26. The van der Waals surface area contributed by atoms with E-state index < -0.39 is 0 Å². The van der Waals surface area contributed by atoms with Crippen molar-refractivity contribution < 1.29 is 9.53 Å². The van der Waals surface area contributed by atoms with Crippen LogP contribution >= 0.6 is 0 Å². The molecule has 1 saturated heterocycles. The molecule has 0 aromatic rings. The van der Waals surface area contributed by atoms with Crippen molar-refractivity contribution in [2.75, 3.05) is 52.4 Å². The van der Waals surface area contributed by atoms with Crippen molar-refractivity contribution >= 4 is 5.97 Å². The van der Waals surface area contributed by atoms with Crippen LogP contribution in [0.5, 0.6) is 0 Å². The van der Waals surface area contributed by atoms with Gasteiger partial charge in [-0.05, 0) is 20.0 Å². The Morgan fingerprint density at radius 2 is 2.11 bits per heavy atom. The Labute approximate surface area is 110 Å². The lowest BCUT2D eigenvalue weighted by atomic mass is 10.2. The van der Waals surface area contributed by atoms with Crippen molar-refractivity contribution in [2.45, 2.75) is 26.8 Å². The Morgan fingerprint density at radius 3 is 2.72 bits per heavy atom. The zero-order valence-corrected chi connectivity index (χ0v) is 11.9. The number of esters is 1. The first-order valence-electron chi connectivity index (χ1n) is 7.06. The highest BCUT2D eigenvalue weighted by atomic mass is 16.5. The Kier molecular flexibility index (Phi) is 7.23. The van der Waals surface area contributed by atoms with Gasteiger partial charge >= 0.3 is 5.97 Å². The minimum atomic E-state index is -0.116.